The summed E-state index contributed by atoms with van der Waals surface area (Å²) in [4.78, 5) is 0. The maximum Gasteiger partial charge on any atom is 0.180 e. The molecule has 0 atom stereocenters. The zero-order valence-corrected chi connectivity index (χ0v) is 18.9. The molecule has 5 heteroatoms. The Kier molecular flexibility index (Phi) is 5.88. The lowest BCUT2D eigenvalue weighted by atomic mass is 9.54. The lowest BCUT2D eigenvalue weighted by Crippen LogP contribution is -2.54. The van der Waals surface area contributed by atoms with Gasteiger partial charge in [0.2, 0.25) is 0 Å². The van der Waals surface area contributed by atoms with Crippen LogP contribution in [0, 0.1) is 23.7 Å². The minimum Gasteiger partial charge on any atom is -0.493 e. The van der Waals surface area contributed by atoms with Crippen molar-refractivity contribution in [2.45, 2.75) is 51.3 Å². The molecule has 0 heterocycles. The minimum absolute atomic E-state index is 0.415. The number of benzene rings is 2. The van der Waals surface area contributed by atoms with Gasteiger partial charge in [0.25, 0.3) is 0 Å². The standard InChI is InChI=1S/C25H29Cl2NO2/c1-29-23-12-18(11-22(27)25(23)30-14-15-2-4-21(26)5-3-15)13-28-24-19-7-16-6-17(9-19)10-20(24)8-16/h2-5,11-12,16-17,19-20,24,28H,6-10,13-14H2,1H3. The molecule has 0 saturated heterocycles. The van der Waals surface area contributed by atoms with Crippen LogP contribution < -0.4 is 14.8 Å². The summed E-state index contributed by atoms with van der Waals surface area (Å²) in [5, 5.41) is 5.18. The third-order valence-corrected chi connectivity index (χ3v) is 7.89. The molecule has 3 nitrogen and oxygen atoms in total. The lowest BCUT2D eigenvalue weighted by molar-refractivity contribution is -0.0142. The number of halogens is 2. The highest BCUT2D eigenvalue weighted by molar-refractivity contribution is 6.32. The van der Waals surface area contributed by atoms with Gasteiger partial charge in [-0.3, -0.25) is 0 Å². The van der Waals surface area contributed by atoms with Gasteiger partial charge >= 0.3 is 0 Å². The lowest BCUT2D eigenvalue weighted by Gasteiger charge is -2.54. The minimum atomic E-state index is 0.415. The number of nitrogens with one attached hydrogen (secondary N) is 1. The van der Waals surface area contributed by atoms with Crippen LogP contribution in [0.5, 0.6) is 11.5 Å². The van der Waals surface area contributed by atoms with E-state index in [1.165, 1.54) is 32.1 Å². The van der Waals surface area contributed by atoms with Crippen molar-refractivity contribution in [3.05, 3.63) is 57.6 Å². The number of ether oxygens (including phenoxy) is 2. The van der Waals surface area contributed by atoms with Crippen LogP contribution in [0.2, 0.25) is 10.0 Å². The van der Waals surface area contributed by atoms with Crippen molar-refractivity contribution in [1.29, 1.82) is 0 Å². The predicted octanol–water partition coefficient (Wildman–Crippen LogP) is 6.50. The van der Waals surface area contributed by atoms with Gasteiger partial charge in [0.1, 0.15) is 6.61 Å². The fraction of sp³-hybridized carbons (Fsp3) is 0.520. The summed E-state index contributed by atoms with van der Waals surface area (Å²) in [5.74, 6) is 4.99. The second kappa shape index (κ2) is 8.61. The van der Waals surface area contributed by atoms with Crippen LogP contribution >= 0.6 is 23.2 Å². The van der Waals surface area contributed by atoms with Gasteiger partial charge in [-0.1, -0.05) is 35.3 Å². The summed E-state index contributed by atoms with van der Waals surface area (Å²) in [6, 6.07) is 12.3. The Balaban J connectivity index is 1.25. The summed E-state index contributed by atoms with van der Waals surface area (Å²) in [7, 11) is 1.66. The van der Waals surface area contributed by atoms with E-state index in [0.717, 1.165) is 41.3 Å². The van der Waals surface area contributed by atoms with Crippen molar-refractivity contribution in [3.63, 3.8) is 0 Å². The fourth-order valence-electron chi connectivity index (χ4n) is 6.25. The molecule has 2 aromatic rings. The Labute approximate surface area is 189 Å². The summed E-state index contributed by atoms with van der Waals surface area (Å²) in [6.07, 6.45) is 7.18. The molecule has 2 aromatic carbocycles. The Morgan fingerprint density at radius 2 is 1.57 bits per heavy atom. The average Bonchev–Trinajstić information content (AvgIpc) is 2.73. The van der Waals surface area contributed by atoms with E-state index in [0.29, 0.717) is 34.2 Å². The number of methoxy groups -OCH3 is 1. The molecule has 0 aliphatic heterocycles. The highest BCUT2D eigenvalue weighted by Crippen LogP contribution is 2.53. The second-order valence-electron chi connectivity index (χ2n) is 9.36. The molecule has 0 unspecified atom stereocenters. The first-order chi connectivity index (χ1) is 14.6. The van der Waals surface area contributed by atoms with Gasteiger partial charge in [-0.2, -0.15) is 0 Å². The summed E-state index contributed by atoms with van der Waals surface area (Å²) in [5.41, 5.74) is 2.18. The normalized spacial score (nSPS) is 29.2. The molecule has 30 heavy (non-hydrogen) atoms. The third kappa shape index (κ3) is 4.17. The van der Waals surface area contributed by atoms with Crippen molar-refractivity contribution in [2.75, 3.05) is 7.11 Å². The van der Waals surface area contributed by atoms with Crippen LogP contribution in [-0.4, -0.2) is 13.2 Å². The molecule has 4 fully saturated rings. The molecule has 0 spiro atoms. The Bertz CT molecular complexity index is 871. The van der Waals surface area contributed by atoms with Gasteiger partial charge in [0.05, 0.1) is 12.1 Å². The molecule has 6 rings (SSSR count). The monoisotopic (exact) mass is 445 g/mol. The Morgan fingerprint density at radius 3 is 2.20 bits per heavy atom. The van der Waals surface area contributed by atoms with Gasteiger partial charge in [-0.25, -0.2) is 0 Å². The fourth-order valence-corrected chi connectivity index (χ4v) is 6.66. The van der Waals surface area contributed by atoms with Crippen molar-refractivity contribution in [3.8, 4) is 11.5 Å². The maximum absolute atomic E-state index is 6.59. The van der Waals surface area contributed by atoms with Crippen molar-refractivity contribution in [1.82, 2.24) is 5.32 Å². The average molecular weight is 446 g/mol. The largest absolute Gasteiger partial charge is 0.493 e. The topological polar surface area (TPSA) is 30.5 Å². The Hall–Kier alpha value is -1.42. The molecule has 4 aliphatic rings. The first-order valence-electron chi connectivity index (χ1n) is 11.1. The molecule has 0 aromatic heterocycles. The van der Waals surface area contributed by atoms with Gasteiger partial charge in [0, 0.05) is 17.6 Å². The predicted molar refractivity (Wildman–Crippen MR) is 121 cm³/mol. The van der Waals surface area contributed by atoms with E-state index in [2.05, 4.69) is 5.32 Å². The van der Waals surface area contributed by atoms with Gasteiger partial charge in [-0.15, -0.1) is 0 Å². The molecule has 4 saturated carbocycles. The Morgan fingerprint density at radius 1 is 0.900 bits per heavy atom. The molecule has 0 amide bonds. The van der Waals surface area contributed by atoms with Crippen molar-refractivity contribution < 1.29 is 9.47 Å². The van der Waals surface area contributed by atoms with Gasteiger partial charge in [0.15, 0.2) is 11.5 Å². The summed E-state index contributed by atoms with van der Waals surface area (Å²) < 4.78 is 11.6. The third-order valence-electron chi connectivity index (χ3n) is 7.35. The smallest absolute Gasteiger partial charge is 0.180 e. The zero-order valence-electron chi connectivity index (χ0n) is 17.4. The SMILES string of the molecule is COc1cc(CNC2C3CC4CC(C3)CC2C4)cc(Cl)c1OCc1ccc(Cl)cc1. The highest BCUT2D eigenvalue weighted by Gasteiger charge is 2.47. The van der Waals surface area contributed by atoms with E-state index >= 15 is 0 Å². The van der Waals surface area contributed by atoms with Crippen LogP contribution in [0.25, 0.3) is 0 Å². The van der Waals surface area contributed by atoms with E-state index in [1.807, 2.05) is 36.4 Å². The number of rotatable bonds is 7. The molecule has 1 N–H and O–H groups in total. The van der Waals surface area contributed by atoms with E-state index in [-0.39, 0.29) is 0 Å². The van der Waals surface area contributed by atoms with Crippen LogP contribution in [-0.2, 0) is 13.2 Å². The zero-order chi connectivity index (χ0) is 20.7. The van der Waals surface area contributed by atoms with E-state index in [9.17, 15) is 0 Å². The van der Waals surface area contributed by atoms with Gasteiger partial charge in [-0.05, 0) is 91.2 Å². The van der Waals surface area contributed by atoms with Crippen molar-refractivity contribution in [2.24, 2.45) is 23.7 Å². The van der Waals surface area contributed by atoms with Crippen LogP contribution in [0.15, 0.2) is 36.4 Å². The number of hydrogen-bond acceptors (Lipinski definition) is 3. The summed E-state index contributed by atoms with van der Waals surface area (Å²) in [6.45, 7) is 1.24. The van der Waals surface area contributed by atoms with Crippen LogP contribution in [0.1, 0.15) is 43.2 Å². The molecule has 4 bridgehead atoms. The summed E-state index contributed by atoms with van der Waals surface area (Å²) >= 11 is 12.6. The van der Waals surface area contributed by atoms with Gasteiger partial charge < -0.3 is 14.8 Å². The molecular formula is C25H29Cl2NO2. The maximum atomic E-state index is 6.59. The first kappa shape index (κ1) is 20.5. The molecule has 0 radical (unpaired) electrons. The quantitative estimate of drug-likeness (QED) is 0.527. The molecular weight excluding hydrogens is 417 g/mol. The first-order valence-corrected chi connectivity index (χ1v) is 11.8. The van der Waals surface area contributed by atoms with Crippen LogP contribution in [0.4, 0.5) is 0 Å². The van der Waals surface area contributed by atoms with E-state index < -0.39 is 0 Å². The van der Waals surface area contributed by atoms with E-state index in [1.54, 1.807) is 7.11 Å². The van der Waals surface area contributed by atoms with E-state index in [4.69, 9.17) is 32.7 Å². The number of hydrogen-bond donors (Lipinski definition) is 1. The van der Waals surface area contributed by atoms with Crippen molar-refractivity contribution >= 4 is 23.2 Å². The molecule has 4 aliphatic carbocycles. The molecule has 160 valence electrons. The van der Waals surface area contributed by atoms with Crippen LogP contribution in [0.3, 0.4) is 0 Å². The highest BCUT2D eigenvalue weighted by atomic mass is 35.5. The second-order valence-corrected chi connectivity index (χ2v) is 10.2.